The molecule has 6 heteroatoms. The Bertz CT molecular complexity index is 1100. The zero-order chi connectivity index (χ0) is 18.2. The van der Waals surface area contributed by atoms with Gasteiger partial charge in [-0.3, -0.25) is 4.79 Å². The van der Waals surface area contributed by atoms with Crippen LogP contribution in [0.3, 0.4) is 0 Å². The van der Waals surface area contributed by atoms with Crippen LogP contribution in [0, 0.1) is 13.8 Å². The third-order valence-electron chi connectivity index (χ3n) is 4.02. The fourth-order valence-corrected chi connectivity index (χ4v) is 3.58. The summed E-state index contributed by atoms with van der Waals surface area (Å²) in [5, 5.41) is 0.0442. The zero-order valence-corrected chi connectivity index (χ0v) is 15.0. The van der Waals surface area contributed by atoms with E-state index >= 15 is 0 Å². The summed E-state index contributed by atoms with van der Waals surface area (Å²) >= 11 is 0. The second kappa shape index (κ2) is 6.37. The Morgan fingerprint density at radius 3 is 2.32 bits per heavy atom. The number of fused-ring (bicyclic) bond motifs is 1. The highest BCUT2D eigenvalue weighted by Gasteiger charge is 2.21. The quantitative estimate of drug-likeness (QED) is 0.715. The van der Waals surface area contributed by atoms with Crippen LogP contribution in [-0.4, -0.2) is 14.7 Å². The number of sulfone groups is 1. The molecule has 0 aliphatic heterocycles. The van der Waals surface area contributed by atoms with E-state index in [4.69, 9.17) is 9.15 Å². The maximum Gasteiger partial charge on any atom is 0.225 e. The molecule has 0 aliphatic rings. The molecular formula is C19H18O5S. The zero-order valence-electron chi connectivity index (χ0n) is 14.2. The molecule has 0 amide bonds. The molecule has 5 nitrogen and oxygen atoms in total. The molecule has 0 spiro atoms. The molecule has 25 heavy (non-hydrogen) atoms. The topological polar surface area (TPSA) is 73.6 Å². The molecule has 0 saturated heterocycles. The van der Waals surface area contributed by atoms with E-state index < -0.39 is 9.84 Å². The smallest absolute Gasteiger partial charge is 0.225 e. The van der Waals surface area contributed by atoms with Crippen molar-refractivity contribution in [1.82, 2.24) is 0 Å². The number of ether oxygens (including phenoxy) is 1. The maximum atomic E-state index is 12.5. The molecule has 3 rings (SSSR count). The molecule has 0 saturated carbocycles. The second-order valence-electron chi connectivity index (χ2n) is 5.96. The van der Waals surface area contributed by atoms with Crippen molar-refractivity contribution in [2.45, 2.75) is 25.5 Å². The first kappa shape index (κ1) is 17.2. The van der Waals surface area contributed by atoms with Gasteiger partial charge in [0.25, 0.3) is 0 Å². The highest BCUT2D eigenvalue weighted by molar-refractivity contribution is 7.90. The van der Waals surface area contributed by atoms with Gasteiger partial charge in [0.1, 0.15) is 17.9 Å². The summed E-state index contributed by atoms with van der Waals surface area (Å²) in [6.07, 6.45) is 1.02. The van der Waals surface area contributed by atoms with E-state index in [0.717, 1.165) is 11.8 Å². The first-order valence-electron chi connectivity index (χ1n) is 7.73. The largest absolute Gasteiger partial charge is 0.488 e. The van der Waals surface area contributed by atoms with Gasteiger partial charge in [0.15, 0.2) is 5.43 Å². The van der Waals surface area contributed by atoms with Crippen molar-refractivity contribution in [2.75, 3.05) is 6.26 Å². The van der Waals surface area contributed by atoms with Gasteiger partial charge >= 0.3 is 0 Å². The predicted molar refractivity (Wildman–Crippen MR) is 95.8 cm³/mol. The summed E-state index contributed by atoms with van der Waals surface area (Å²) < 4.78 is 35.2. The Morgan fingerprint density at radius 2 is 1.68 bits per heavy atom. The van der Waals surface area contributed by atoms with E-state index in [-0.39, 0.29) is 21.7 Å². The van der Waals surface area contributed by atoms with Gasteiger partial charge in [-0.2, -0.15) is 0 Å². The van der Waals surface area contributed by atoms with Gasteiger partial charge in [-0.05, 0) is 31.5 Å². The molecule has 1 aromatic heterocycles. The molecule has 130 valence electrons. The Hall–Kier alpha value is -2.60. The Kier molecular flexibility index (Phi) is 4.39. The van der Waals surface area contributed by atoms with E-state index in [2.05, 4.69) is 0 Å². The summed E-state index contributed by atoms with van der Waals surface area (Å²) in [5.74, 6) is 0.544. The number of aryl methyl sites for hydroxylation is 1. The van der Waals surface area contributed by atoms with E-state index in [1.165, 1.54) is 6.92 Å². The van der Waals surface area contributed by atoms with Crippen LogP contribution in [0.5, 0.6) is 5.75 Å². The average molecular weight is 358 g/mol. The van der Waals surface area contributed by atoms with Gasteiger partial charge in [0.2, 0.25) is 14.9 Å². The highest BCUT2D eigenvalue weighted by atomic mass is 32.2. The molecule has 3 aromatic rings. The molecule has 0 unspecified atom stereocenters. The van der Waals surface area contributed by atoms with Gasteiger partial charge < -0.3 is 9.15 Å². The fraction of sp³-hybridized carbons (Fsp3) is 0.211. The van der Waals surface area contributed by atoms with Crippen molar-refractivity contribution < 1.29 is 17.6 Å². The monoisotopic (exact) mass is 358 g/mol. The van der Waals surface area contributed by atoms with Crippen LogP contribution in [0.25, 0.3) is 11.0 Å². The molecular weight excluding hydrogens is 340 g/mol. The first-order valence-corrected chi connectivity index (χ1v) is 9.62. The van der Waals surface area contributed by atoms with Crippen LogP contribution in [0.1, 0.15) is 16.7 Å². The van der Waals surface area contributed by atoms with Crippen LogP contribution in [-0.2, 0) is 16.4 Å². The lowest BCUT2D eigenvalue weighted by molar-refractivity contribution is 0.303. The van der Waals surface area contributed by atoms with E-state index in [9.17, 15) is 13.2 Å². The molecule has 1 heterocycles. The van der Waals surface area contributed by atoms with Crippen molar-refractivity contribution in [3.05, 3.63) is 69.4 Å². The molecule has 0 radical (unpaired) electrons. The normalized spacial score (nSPS) is 11.6. The lowest BCUT2D eigenvalue weighted by atomic mass is 10.1. The van der Waals surface area contributed by atoms with Crippen LogP contribution in [0.15, 0.2) is 56.8 Å². The molecule has 0 N–H and O–H groups in total. The van der Waals surface area contributed by atoms with Gasteiger partial charge in [0.05, 0.1) is 10.9 Å². The van der Waals surface area contributed by atoms with Crippen molar-refractivity contribution in [3.63, 3.8) is 0 Å². The van der Waals surface area contributed by atoms with E-state index in [0.29, 0.717) is 23.3 Å². The third-order valence-corrected chi connectivity index (χ3v) is 5.08. The highest BCUT2D eigenvalue weighted by Crippen LogP contribution is 2.29. The van der Waals surface area contributed by atoms with Crippen molar-refractivity contribution in [1.29, 1.82) is 0 Å². The minimum atomic E-state index is -3.64. The van der Waals surface area contributed by atoms with Crippen LogP contribution in [0.4, 0.5) is 0 Å². The number of benzene rings is 2. The third kappa shape index (κ3) is 3.30. The summed E-state index contributed by atoms with van der Waals surface area (Å²) in [6.45, 7) is 3.56. The molecule has 0 bridgehead atoms. The molecule has 2 aromatic carbocycles. The Balaban J connectivity index is 2.10. The summed E-state index contributed by atoms with van der Waals surface area (Å²) in [4.78, 5) is 12.5. The summed E-state index contributed by atoms with van der Waals surface area (Å²) in [6, 6.07) is 13.0. The molecule has 0 aliphatic carbocycles. The lowest BCUT2D eigenvalue weighted by Crippen LogP contribution is -2.13. The number of rotatable bonds is 4. The van der Waals surface area contributed by atoms with Gasteiger partial charge in [0, 0.05) is 11.8 Å². The van der Waals surface area contributed by atoms with E-state index in [1.54, 1.807) is 19.1 Å². The van der Waals surface area contributed by atoms with Gasteiger partial charge in [-0.1, -0.05) is 30.3 Å². The standard InChI is InChI=1S/C19H18O5S/c1-12-16(23-11-14-7-5-4-6-8-14)10-9-15-17(20)13(2)19(24-18(12)15)25(3,21)22/h4-10H,11H2,1-3H3. The van der Waals surface area contributed by atoms with Crippen LogP contribution in [0.2, 0.25) is 0 Å². The van der Waals surface area contributed by atoms with Crippen molar-refractivity contribution >= 4 is 20.8 Å². The summed E-state index contributed by atoms with van der Waals surface area (Å²) in [5.41, 5.74) is 1.58. The minimum absolute atomic E-state index is 0.0901. The maximum absolute atomic E-state index is 12.5. The predicted octanol–water partition coefficient (Wildman–Crippen LogP) is 3.39. The lowest BCUT2D eigenvalue weighted by Gasteiger charge is -2.12. The van der Waals surface area contributed by atoms with E-state index in [1.807, 2.05) is 30.3 Å². The molecule has 0 fully saturated rings. The van der Waals surface area contributed by atoms with Gasteiger partial charge in [-0.15, -0.1) is 0 Å². The first-order chi connectivity index (χ1) is 11.8. The second-order valence-corrected chi connectivity index (χ2v) is 7.87. The van der Waals surface area contributed by atoms with Gasteiger partial charge in [-0.25, -0.2) is 8.42 Å². The number of hydrogen-bond acceptors (Lipinski definition) is 5. The fourth-order valence-electron chi connectivity index (χ4n) is 2.69. The SMILES string of the molecule is Cc1c(S(C)(=O)=O)oc2c(C)c(OCc3ccccc3)ccc2c1=O. The Morgan fingerprint density at radius 1 is 1.00 bits per heavy atom. The van der Waals surface area contributed by atoms with Crippen molar-refractivity contribution in [3.8, 4) is 5.75 Å². The van der Waals surface area contributed by atoms with Crippen LogP contribution >= 0.6 is 0 Å². The van der Waals surface area contributed by atoms with Crippen molar-refractivity contribution in [2.24, 2.45) is 0 Å². The summed E-state index contributed by atoms with van der Waals surface area (Å²) in [7, 11) is -3.64. The van der Waals surface area contributed by atoms with Crippen LogP contribution < -0.4 is 10.2 Å². The number of hydrogen-bond donors (Lipinski definition) is 0. The Labute approximate surface area is 145 Å². The molecule has 0 atom stereocenters. The average Bonchev–Trinajstić information content (AvgIpc) is 2.57. The minimum Gasteiger partial charge on any atom is -0.488 e.